The van der Waals surface area contributed by atoms with Crippen LogP contribution in [0.25, 0.3) is 0 Å². The van der Waals surface area contributed by atoms with Gasteiger partial charge < -0.3 is 4.57 Å². The molecule has 1 saturated carbocycles. The summed E-state index contributed by atoms with van der Waals surface area (Å²) in [5.74, 6) is 1.02. The summed E-state index contributed by atoms with van der Waals surface area (Å²) in [6.45, 7) is 1.22. The molecule has 66 valence electrons. The molecule has 0 spiro atoms. The van der Waals surface area contributed by atoms with Gasteiger partial charge in [-0.3, -0.25) is 0 Å². The normalized spacial score (nSPS) is 18.7. The van der Waals surface area contributed by atoms with Crippen LogP contribution in [0.1, 0.15) is 32.1 Å². The Morgan fingerprint density at radius 2 is 1.75 bits per heavy atom. The van der Waals surface area contributed by atoms with Gasteiger partial charge in [0, 0.05) is 18.9 Å². The van der Waals surface area contributed by atoms with Gasteiger partial charge in [0.2, 0.25) is 0 Å². The Hall–Kier alpha value is -0.720. The number of rotatable bonds is 3. The molecule has 0 radical (unpaired) electrons. The average molecular weight is 163 g/mol. The summed E-state index contributed by atoms with van der Waals surface area (Å²) >= 11 is 0. The Balaban J connectivity index is 1.74. The average Bonchev–Trinajstić information content (AvgIpc) is 2.74. The van der Waals surface area contributed by atoms with Crippen LogP contribution in [0.2, 0.25) is 0 Å². The van der Waals surface area contributed by atoms with Crippen molar-refractivity contribution in [1.82, 2.24) is 4.57 Å². The first-order valence-corrected chi connectivity index (χ1v) is 5.06. The standard InChI is InChI=1S/C11H17N/c1-2-6-11(5-1)7-10-12-8-3-4-9-12/h3-4,8-9,11H,1-2,5-7,10H2. The maximum absolute atomic E-state index is 2.29. The molecule has 1 nitrogen and oxygen atoms in total. The molecular weight excluding hydrogens is 146 g/mol. The van der Waals surface area contributed by atoms with Crippen LogP contribution < -0.4 is 0 Å². The number of hydrogen-bond donors (Lipinski definition) is 0. The van der Waals surface area contributed by atoms with Crippen LogP contribution in [0, 0.1) is 5.92 Å². The fraction of sp³-hybridized carbons (Fsp3) is 0.636. The zero-order valence-electron chi connectivity index (χ0n) is 7.58. The van der Waals surface area contributed by atoms with Crippen molar-refractivity contribution in [2.24, 2.45) is 5.92 Å². The van der Waals surface area contributed by atoms with E-state index >= 15 is 0 Å². The van der Waals surface area contributed by atoms with Crippen LogP contribution in [0.15, 0.2) is 24.5 Å². The molecule has 1 aromatic rings. The Morgan fingerprint density at radius 1 is 1.08 bits per heavy atom. The summed E-state index contributed by atoms with van der Waals surface area (Å²) in [5.41, 5.74) is 0. The second kappa shape index (κ2) is 3.79. The van der Waals surface area contributed by atoms with Gasteiger partial charge in [-0.2, -0.15) is 0 Å². The third-order valence-corrected chi connectivity index (χ3v) is 2.94. The molecule has 0 unspecified atom stereocenters. The molecule has 1 aromatic heterocycles. The lowest BCUT2D eigenvalue weighted by molar-refractivity contribution is 0.459. The topological polar surface area (TPSA) is 4.93 Å². The van der Waals surface area contributed by atoms with Crippen LogP contribution in [-0.4, -0.2) is 4.57 Å². The van der Waals surface area contributed by atoms with Crippen molar-refractivity contribution in [1.29, 1.82) is 0 Å². The molecule has 0 N–H and O–H groups in total. The summed E-state index contributed by atoms with van der Waals surface area (Å²) in [4.78, 5) is 0. The fourth-order valence-electron chi connectivity index (χ4n) is 2.15. The van der Waals surface area contributed by atoms with Gasteiger partial charge in [0.1, 0.15) is 0 Å². The molecule has 2 rings (SSSR count). The summed E-state index contributed by atoms with van der Waals surface area (Å²) < 4.78 is 2.29. The molecule has 0 amide bonds. The molecule has 1 fully saturated rings. The lowest BCUT2D eigenvalue weighted by Gasteiger charge is -2.08. The van der Waals surface area contributed by atoms with E-state index in [0.29, 0.717) is 0 Å². The largest absolute Gasteiger partial charge is 0.354 e. The van der Waals surface area contributed by atoms with E-state index in [2.05, 4.69) is 29.1 Å². The van der Waals surface area contributed by atoms with Crippen LogP contribution in [0.5, 0.6) is 0 Å². The van der Waals surface area contributed by atoms with E-state index < -0.39 is 0 Å². The molecule has 0 atom stereocenters. The van der Waals surface area contributed by atoms with E-state index in [1.165, 1.54) is 38.6 Å². The van der Waals surface area contributed by atoms with Crippen LogP contribution in [0.4, 0.5) is 0 Å². The van der Waals surface area contributed by atoms with E-state index in [0.717, 1.165) is 5.92 Å². The van der Waals surface area contributed by atoms with E-state index in [4.69, 9.17) is 0 Å². The van der Waals surface area contributed by atoms with Gasteiger partial charge in [0.05, 0.1) is 0 Å². The van der Waals surface area contributed by atoms with Crippen LogP contribution >= 0.6 is 0 Å². The number of aromatic nitrogens is 1. The minimum absolute atomic E-state index is 1.02. The Bertz CT molecular complexity index is 207. The molecule has 12 heavy (non-hydrogen) atoms. The lowest BCUT2D eigenvalue weighted by atomic mass is 10.0. The minimum Gasteiger partial charge on any atom is -0.354 e. The lowest BCUT2D eigenvalue weighted by Crippen LogP contribution is -2.00. The van der Waals surface area contributed by atoms with E-state index in [-0.39, 0.29) is 0 Å². The van der Waals surface area contributed by atoms with Crippen molar-refractivity contribution in [3.63, 3.8) is 0 Å². The smallest absolute Gasteiger partial charge is 0.0222 e. The monoisotopic (exact) mass is 163 g/mol. The Labute approximate surface area is 74.4 Å². The summed E-state index contributed by atoms with van der Waals surface area (Å²) in [6.07, 6.45) is 11.6. The molecular formula is C11H17N. The third-order valence-electron chi connectivity index (χ3n) is 2.94. The quantitative estimate of drug-likeness (QED) is 0.645. The summed E-state index contributed by atoms with van der Waals surface area (Å²) in [5, 5.41) is 0. The van der Waals surface area contributed by atoms with Crippen molar-refractivity contribution in [3.05, 3.63) is 24.5 Å². The maximum atomic E-state index is 2.29. The molecule has 0 aliphatic heterocycles. The van der Waals surface area contributed by atoms with Gasteiger partial charge in [-0.25, -0.2) is 0 Å². The van der Waals surface area contributed by atoms with Gasteiger partial charge in [-0.1, -0.05) is 25.7 Å². The second-order valence-corrected chi connectivity index (χ2v) is 3.86. The SMILES string of the molecule is c1ccn(CCC2CCCC2)c1. The predicted molar refractivity (Wildman–Crippen MR) is 51.0 cm³/mol. The zero-order valence-corrected chi connectivity index (χ0v) is 7.58. The highest BCUT2D eigenvalue weighted by Gasteiger charge is 2.13. The van der Waals surface area contributed by atoms with E-state index in [1.54, 1.807) is 0 Å². The van der Waals surface area contributed by atoms with Gasteiger partial charge in [0.15, 0.2) is 0 Å². The molecule has 1 heterocycles. The molecule has 1 heteroatoms. The Kier molecular flexibility index (Phi) is 2.50. The van der Waals surface area contributed by atoms with Crippen LogP contribution in [-0.2, 0) is 6.54 Å². The second-order valence-electron chi connectivity index (χ2n) is 3.86. The molecule has 1 aliphatic rings. The van der Waals surface area contributed by atoms with Gasteiger partial charge in [-0.05, 0) is 24.5 Å². The third kappa shape index (κ3) is 1.90. The Morgan fingerprint density at radius 3 is 2.42 bits per heavy atom. The summed E-state index contributed by atoms with van der Waals surface area (Å²) in [7, 11) is 0. The first kappa shape index (κ1) is 7.90. The van der Waals surface area contributed by atoms with Gasteiger partial charge in [-0.15, -0.1) is 0 Å². The van der Waals surface area contributed by atoms with Crippen molar-refractivity contribution in [2.75, 3.05) is 0 Å². The van der Waals surface area contributed by atoms with Crippen molar-refractivity contribution < 1.29 is 0 Å². The zero-order chi connectivity index (χ0) is 8.23. The first-order chi connectivity index (χ1) is 5.95. The first-order valence-electron chi connectivity index (χ1n) is 5.06. The highest BCUT2D eigenvalue weighted by Crippen LogP contribution is 2.27. The predicted octanol–water partition coefficient (Wildman–Crippen LogP) is 3.07. The van der Waals surface area contributed by atoms with Crippen molar-refractivity contribution in [3.8, 4) is 0 Å². The molecule has 1 aliphatic carbocycles. The highest BCUT2D eigenvalue weighted by molar-refractivity contribution is 4.90. The maximum Gasteiger partial charge on any atom is 0.0222 e. The molecule has 0 bridgehead atoms. The molecule has 0 saturated heterocycles. The number of aryl methyl sites for hydroxylation is 1. The van der Waals surface area contributed by atoms with Gasteiger partial charge in [0.25, 0.3) is 0 Å². The van der Waals surface area contributed by atoms with Crippen molar-refractivity contribution >= 4 is 0 Å². The van der Waals surface area contributed by atoms with Crippen LogP contribution in [0.3, 0.4) is 0 Å². The van der Waals surface area contributed by atoms with Crippen molar-refractivity contribution in [2.45, 2.75) is 38.6 Å². The van der Waals surface area contributed by atoms with E-state index in [1.807, 2.05) is 0 Å². The van der Waals surface area contributed by atoms with Gasteiger partial charge >= 0.3 is 0 Å². The number of hydrogen-bond acceptors (Lipinski definition) is 0. The molecule has 0 aromatic carbocycles. The highest BCUT2D eigenvalue weighted by atomic mass is 14.9. The fourth-order valence-corrected chi connectivity index (χ4v) is 2.15. The number of nitrogens with zero attached hydrogens (tertiary/aromatic N) is 1. The minimum atomic E-state index is 1.02. The van der Waals surface area contributed by atoms with E-state index in [9.17, 15) is 0 Å². The summed E-state index contributed by atoms with van der Waals surface area (Å²) in [6, 6.07) is 4.21.